The van der Waals surface area contributed by atoms with Gasteiger partial charge in [-0.3, -0.25) is 0 Å². The van der Waals surface area contributed by atoms with E-state index in [4.69, 9.17) is 16.2 Å². The van der Waals surface area contributed by atoms with Gasteiger partial charge in [-0.1, -0.05) is 42.5 Å². The van der Waals surface area contributed by atoms with Crippen LogP contribution in [0, 0.1) is 0 Å². The molecule has 0 radical (unpaired) electrons. The summed E-state index contributed by atoms with van der Waals surface area (Å²) in [5, 5.41) is 11.2. The second kappa shape index (κ2) is 8.67. The zero-order valence-electron chi connectivity index (χ0n) is 15.9. The van der Waals surface area contributed by atoms with Crippen molar-refractivity contribution in [3.63, 3.8) is 0 Å². The van der Waals surface area contributed by atoms with Gasteiger partial charge in [0.2, 0.25) is 5.96 Å². The van der Waals surface area contributed by atoms with Crippen LogP contribution >= 0.6 is 0 Å². The SMILES string of the molecule is COc1ccc2c(c1)c(/C=N/N=C(N)N)cn2Cc1cccc2ccccc12.[Cl-]. The maximum atomic E-state index is 5.38. The molecule has 29 heavy (non-hydrogen) atoms. The summed E-state index contributed by atoms with van der Waals surface area (Å²) in [7, 11) is 1.65. The Hall–Kier alpha value is -3.51. The van der Waals surface area contributed by atoms with Gasteiger partial charge in [0.1, 0.15) is 5.75 Å². The first-order valence-electron chi connectivity index (χ1n) is 8.91. The highest BCUT2D eigenvalue weighted by molar-refractivity contribution is 6.00. The Morgan fingerprint density at radius 2 is 1.83 bits per heavy atom. The fourth-order valence-electron chi connectivity index (χ4n) is 3.44. The summed E-state index contributed by atoms with van der Waals surface area (Å²) < 4.78 is 7.59. The zero-order chi connectivity index (χ0) is 19.5. The molecule has 0 saturated heterocycles. The van der Waals surface area contributed by atoms with Crippen molar-refractivity contribution in [3.8, 4) is 5.75 Å². The molecule has 0 amide bonds. The molecule has 0 bridgehead atoms. The summed E-state index contributed by atoms with van der Waals surface area (Å²) in [4.78, 5) is 0. The molecule has 0 spiro atoms. The van der Waals surface area contributed by atoms with E-state index in [1.54, 1.807) is 13.3 Å². The molecule has 1 aromatic heterocycles. The van der Waals surface area contributed by atoms with Gasteiger partial charge in [0, 0.05) is 29.2 Å². The third-order valence-corrected chi connectivity index (χ3v) is 4.71. The maximum absolute atomic E-state index is 5.38. The highest BCUT2D eigenvalue weighted by Gasteiger charge is 2.10. The molecule has 3 aromatic carbocycles. The number of benzene rings is 3. The van der Waals surface area contributed by atoms with E-state index in [-0.39, 0.29) is 18.4 Å². The molecule has 4 aromatic rings. The Labute approximate surface area is 174 Å². The van der Waals surface area contributed by atoms with Gasteiger partial charge >= 0.3 is 0 Å². The second-order valence-electron chi connectivity index (χ2n) is 6.50. The second-order valence-corrected chi connectivity index (χ2v) is 6.50. The summed E-state index contributed by atoms with van der Waals surface area (Å²) in [5.41, 5.74) is 14.0. The van der Waals surface area contributed by atoms with Crippen LogP contribution in [-0.4, -0.2) is 23.9 Å². The van der Waals surface area contributed by atoms with E-state index in [0.717, 1.165) is 28.8 Å². The van der Waals surface area contributed by atoms with Crippen molar-refractivity contribution in [3.05, 3.63) is 78.0 Å². The Balaban J connectivity index is 0.00000240. The largest absolute Gasteiger partial charge is 1.00 e. The molecular formula is C22H21ClN5O-. The summed E-state index contributed by atoms with van der Waals surface area (Å²) in [6, 6.07) is 20.8. The molecule has 7 heteroatoms. The van der Waals surface area contributed by atoms with Crippen LogP contribution in [0.2, 0.25) is 0 Å². The Kier molecular flexibility index (Phi) is 6.04. The zero-order valence-corrected chi connectivity index (χ0v) is 16.7. The lowest BCUT2D eigenvalue weighted by atomic mass is 10.0. The molecule has 0 aliphatic heterocycles. The number of methoxy groups -OCH3 is 1. The minimum atomic E-state index is -0.0756. The number of hydrogen-bond donors (Lipinski definition) is 2. The molecule has 0 unspecified atom stereocenters. The minimum absolute atomic E-state index is 0. The first-order valence-corrected chi connectivity index (χ1v) is 8.91. The predicted octanol–water partition coefficient (Wildman–Crippen LogP) is 0.463. The topological polar surface area (TPSA) is 90.9 Å². The Morgan fingerprint density at radius 1 is 1.03 bits per heavy atom. The molecule has 4 rings (SSSR count). The van der Waals surface area contributed by atoms with Gasteiger partial charge in [-0.05, 0) is 34.5 Å². The van der Waals surface area contributed by atoms with Crippen LogP contribution in [-0.2, 0) is 6.54 Å². The smallest absolute Gasteiger partial charge is 0.211 e. The number of nitrogens with two attached hydrogens (primary N) is 2. The maximum Gasteiger partial charge on any atom is 0.211 e. The van der Waals surface area contributed by atoms with Crippen LogP contribution in [0.3, 0.4) is 0 Å². The Bertz CT molecular complexity index is 1200. The average Bonchev–Trinajstić information content (AvgIpc) is 3.05. The van der Waals surface area contributed by atoms with Gasteiger partial charge < -0.3 is 33.2 Å². The summed E-state index contributed by atoms with van der Waals surface area (Å²) >= 11 is 0. The normalized spacial score (nSPS) is 10.9. The van der Waals surface area contributed by atoms with E-state index in [9.17, 15) is 0 Å². The monoisotopic (exact) mass is 406 g/mol. The minimum Gasteiger partial charge on any atom is -1.00 e. The summed E-state index contributed by atoms with van der Waals surface area (Å²) in [6.07, 6.45) is 3.71. The van der Waals surface area contributed by atoms with E-state index in [0.29, 0.717) is 0 Å². The van der Waals surface area contributed by atoms with Gasteiger partial charge in [0.25, 0.3) is 0 Å². The van der Waals surface area contributed by atoms with E-state index in [1.807, 2.05) is 12.1 Å². The van der Waals surface area contributed by atoms with Crippen molar-refractivity contribution >= 4 is 33.8 Å². The fourth-order valence-corrected chi connectivity index (χ4v) is 3.44. The number of ether oxygens (including phenoxy) is 1. The van der Waals surface area contributed by atoms with Crippen molar-refractivity contribution in [1.82, 2.24) is 4.57 Å². The molecular weight excluding hydrogens is 386 g/mol. The van der Waals surface area contributed by atoms with Crippen molar-refractivity contribution in [2.75, 3.05) is 7.11 Å². The quantitative estimate of drug-likeness (QED) is 0.286. The van der Waals surface area contributed by atoms with Gasteiger partial charge in [-0.2, -0.15) is 5.10 Å². The summed E-state index contributed by atoms with van der Waals surface area (Å²) in [5.74, 6) is 0.709. The van der Waals surface area contributed by atoms with Crippen molar-refractivity contribution in [2.45, 2.75) is 6.54 Å². The lowest BCUT2D eigenvalue weighted by molar-refractivity contribution is -0.00000610. The molecule has 0 atom stereocenters. The number of fused-ring (bicyclic) bond motifs is 2. The van der Waals surface area contributed by atoms with Crippen molar-refractivity contribution in [1.29, 1.82) is 0 Å². The fraction of sp³-hybridized carbons (Fsp3) is 0.0909. The van der Waals surface area contributed by atoms with Gasteiger partial charge in [0.05, 0.1) is 13.3 Å². The molecule has 0 fully saturated rings. The third-order valence-electron chi connectivity index (χ3n) is 4.71. The number of hydrogen-bond acceptors (Lipinski definition) is 3. The number of guanidine groups is 1. The Morgan fingerprint density at radius 3 is 2.62 bits per heavy atom. The van der Waals surface area contributed by atoms with Crippen LogP contribution in [0.4, 0.5) is 0 Å². The highest BCUT2D eigenvalue weighted by atomic mass is 35.5. The summed E-state index contributed by atoms with van der Waals surface area (Å²) in [6.45, 7) is 0.736. The average molecular weight is 407 g/mol. The molecule has 4 N–H and O–H groups in total. The number of aromatic nitrogens is 1. The van der Waals surface area contributed by atoms with Crippen molar-refractivity contribution < 1.29 is 17.1 Å². The third kappa shape index (κ3) is 4.17. The van der Waals surface area contributed by atoms with E-state index in [1.165, 1.54) is 16.3 Å². The van der Waals surface area contributed by atoms with E-state index >= 15 is 0 Å². The van der Waals surface area contributed by atoms with Crippen LogP contribution in [0.5, 0.6) is 5.75 Å². The number of halogens is 1. The molecule has 0 aliphatic rings. The van der Waals surface area contributed by atoms with Crippen LogP contribution in [0.25, 0.3) is 21.7 Å². The standard InChI is InChI=1S/C22H21N5O.ClH/c1-28-18-9-10-21-20(11-18)17(12-25-26-22(23)24)14-27(21)13-16-7-4-6-15-5-2-3-8-19(15)16;/h2-12,14H,13H2,1H3,(H4,23,24,26);1H/p-1/b25-12+;. The van der Waals surface area contributed by atoms with Gasteiger partial charge in [-0.25, -0.2) is 0 Å². The molecule has 1 heterocycles. The van der Waals surface area contributed by atoms with Crippen LogP contribution in [0.15, 0.2) is 77.1 Å². The van der Waals surface area contributed by atoms with Crippen LogP contribution < -0.4 is 28.6 Å². The lowest BCUT2D eigenvalue weighted by Gasteiger charge is -2.09. The molecule has 0 aliphatic carbocycles. The van der Waals surface area contributed by atoms with E-state index < -0.39 is 0 Å². The molecule has 0 saturated carbocycles. The number of rotatable bonds is 5. The lowest BCUT2D eigenvalue weighted by Crippen LogP contribution is -3.00. The number of nitrogens with zero attached hydrogens (tertiary/aromatic N) is 3. The van der Waals surface area contributed by atoms with Crippen molar-refractivity contribution in [2.24, 2.45) is 21.7 Å². The van der Waals surface area contributed by atoms with E-state index in [2.05, 4.69) is 69.5 Å². The van der Waals surface area contributed by atoms with Gasteiger partial charge in [-0.15, -0.1) is 5.10 Å². The molecule has 6 nitrogen and oxygen atoms in total. The predicted molar refractivity (Wildman–Crippen MR) is 115 cm³/mol. The van der Waals surface area contributed by atoms with Crippen LogP contribution in [0.1, 0.15) is 11.1 Å². The first-order chi connectivity index (χ1) is 13.7. The first kappa shape index (κ1) is 20.2. The van der Waals surface area contributed by atoms with Gasteiger partial charge in [0.15, 0.2) is 0 Å². The highest BCUT2D eigenvalue weighted by Crippen LogP contribution is 2.27. The molecule has 148 valence electrons.